The number of hydrogen-bond acceptors (Lipinski definition) is 5. The van der Waals surface area contributed by atoms with E-state index >= 15 is 0 Å². The van der Waals surface area contributed by atoms with Gasteiger partial charge in [0.2, 0.25) is 0 Å². The lowest BCUT2D eigenvalue weighted by Crippen LogP contribution is -2.23. The molecule has 6 heteroatoms. The number of carbonyl (C=O) groups is 1. The van der Waals surface area contributed by atoms with Gasteiger partial charge in [-0.1, -0.05) is 12.1 Å². The van der Waals surface area contributed by atoms with Crippen LogP contribution in [0.1, 0.15) is 11.8 Å². The highest BCUT2D eigenvalue weighted by molar-refractivity contribution is 7.16. The quantitative estimate of drug-likeness (QED) is 0.706. The summed E-state index contributed by atoms with van der Waals surface area (Å²) in [4.78, 5) is 15.3. The van der Waals surface area contributed by atoms with Gasteiger partial charge in [0.15, 0.2) is 0 Å². The van der Waals surface area contributed by atoms with Gasteiger partial charge >= 0.3 is 5.97 Å². The number of carboxylic acids is 1. The summed E-state index contributed by atoms with van der Waals surface area (Å²) in [5.74, 6) is -0.978. The van der Waals surface area contributed by atoms with Crippen LogP contribution >= 0.6 is 11.3 Å². The molecule has 5 nitrogen and oxygen atoms in total. The number of ether oxygens (including phenoxy) is 1. The predicted molar refractivity (Wildman–Crippen MR) is 104 cm³/mol. The number of anilines is 1. The molecule has 1 aromatic carbocycles. The van der Waals surface area contributed by atoms with Gasteiger partial charge in [-0.15, -0.1) is 11.3 Å². The number of hydrogen-bond donors (Lipinski definition) is 2. The number of nitrogens with two attached hydrogens (primary N) is 1. The van der Waals surface area contributed by atoms with Crippen LogP contribution in [0, 0.1) is 0 Å². The molecule has 1 heterocycles. The number of aliphatic carboxylic acids is 1. The van der Waals surface area contributed by atoms with Gasteiger partial charge in [-0.3, -0.25) is 0 Å². The largest absolute Gasteiger partial charge is 0.478 e. The van der Waals surface area contributed by atoms with E-state index in [9.17, 15) is 9.90 Å². The van der Waals surface area contributed by atoms with E-state index in [0.29, 0.717) is 6.61 Å². The fourth-order valence-electron chi connectivity index (χ4n) is 2.36. The van der Waals surface area contributed by atoms with Gasteiger partial charge < -0.3 is 20.5 Å². The molecule has 0 aliphatic rings. The number of thiophene rings is 1. The normalized spacial score (nSPS) is 12.9. The third kappa shape index (κ3) is 5.16. The minimum absolute atomic E-state index is 0.212. The number of carboxylic acid groups (broad SMARTS) is 1. The van der Waals surface area contributed by atoms with Gasteiger partial charge in [0.05, 0.1) is 12.2 Å². The van der Waals surface area contributed by atoms with Gasteiger partial charge in [0, 0.05) is 42.2 Å². The first-order valence-electron chi connectivity index (χ1n) is 8.03. The van der Waals surface area contributed by atoms with Crippen LogP contribution < -0.4 is 10.6 Å². The lowest BCUT2D eigenvalue weighted by atomic mass is 10.1. The van der Waals surface area contributed by atoms with Crippen LogP contribution in [0.2, 0.25) is 0 Å². The van der Waals surface area contributed by atoms with Gasteiger partial charge in [-0.2, -0.15) is 0 Å². The zero-order valence-electron chi connectivity index (χ0n) is 14.7. The highest BCUT2D eigenvalue weighted by atomic mass is 32.1. The number of benzene rings is 1. The van der Waals surface area contributed by atoms with E-state index in [0.717, 1.165) is 27.5 Å². The van der Waals surface area contributed by atoms with E-state index in [1.165, 1.54) is 0 Å². The van der Waals surface area contributed by atoms with Crippen molar-refractivity contribution in [2.45, 2.75) is 13.0 Å². The topological polar surface area (TPSA) is 75.8 Å². The first kappa shape index (κ1) is 19.2. The third-order valence-electron chi connectivity index (χ3n) is 3.89. The van der Waals surface area contributed by atoms with Gasteiger partial charge in [-0.25, -0.2) is 4.79 Å². The predicted octanol–water partition coefficient (Wildman–Crippen LogP) is 3.31. The summed E-state index contributed by atoms with van der Waals surface area (Å²) >= 11 is 1.55. The van der Waals surface area contributed by atoms with Gasteiger partial charge in [0.1, 0.15) is 0 Å². The first-order chi connectivity index (χ1) is 11.9. The van der Waals surface area contributed by atoms with Crippen molar-refractivity contribution in [1.82, 2.24) is 0 Å². The fourth-order valence-corrected chi connectivity index (χ4v) is 3.33. The molecule has 0 spiro atoms. The zero-order chi connectivity index (χ0) is 18.4. The molecule has 0 aliphatic heterocycles. The van der Waals surface area contributed by atoms with E-state index in [-0.39, 0.29) is 5.57 Å². The summed E-state index contributed by atoms with van der Waals surface area (Å²) < 4.78 is 5.10. The molecule has 0 aliphatic carbocycles. The molecule has 0 bridgehead atoms. The molecule has 1 aromatic heterocycles. The van der Waals surface area contributed by atoms with Crippen molar-refractivity contribution in [3.05, 3.63) is 46.8 Å². The maximum atomic E-state index is 11.2. The fraction of sp³-hybridized carbons (Fsp3) is 0.316. The monoisotopic (exact) mass is 360 g/mol. The molecule has 3 N–H and O–H groups in total. The van der Waals surface area contributed by atoms with E-state index < -0.39 is 12.0 Å². The Hall–Kier alpha value is -2.15. The number of likely N-dealkylation sites (N-methyl/N-ethyl adjacent to an activating group) is 1. The van der Waals surface area contributed by atoms with Crippen LogP contribution in [0.3, 0.4) is 0 Å². The van der Waals surface area contributed by atoms with Crippen LogP contribution in [0.5, 0.6) is 0 Å². The summed E-state index contributed by atoms with van der Waals surface area (Å²) in [5, 5.41) is 9.22. The summed E-state index contributed by atoms with van der Waals surface area (Å²) in [6, 6.07) is 11.7. The molecular formula is C19H24N2O3S. The second kappa shape index (κ2) is 8.80. The van der Waals surface area contributed by atoms with Crippen molar-refractivity contribution in [2.24, 2.45) is 5.73 Å². The Morgan fingerprint density at radius 2 is 2.00 bits per heavy atom. The highest BCUT2D eigenvalue weighted by Gasteiger charge is 2.13. The van der Waals surface area contributed by atoms with Crippen LogP contribution in [-0.4, -0.2) is 44.4 Å². The Kier molecular flexibility index (Phi) is 6.75. The first-order valence-corrected chi connectivity index (χ1v) is 8.85. The maximum Gasteiger partial charge on any atom is 0.333 e. The van der Waals surface area contributed by atoms with Crippen molar-refractivity contribution in [2.75, 3.05) is 32.2 Å². The Morgan fingerprint density at radius 1 is 1.32 bits per heavy atom. The van der Waals surface area contributed by atoms with Crippen LogP contribution in [0.4, 0.5) is 5.69 Å². The van der Waals surface area contributed by atoms with Crippen molar-refractivity contribution in [3.63, 3.8) is 0 Å². The smallest absolute Gasteiger partial charge is 0.333 e. The Labute approximate surface area is 152 Å². The Balaban J connectivity index is 2.17. The molecule has 1 unspecified atom stereocenters. The average molecular weight is 360 g/mol. The summed E-state index contributed by atoms with van der Waals surface area (Å²) in [6.07, 6.45) is 1.65. The zero-order valence-corrected chi connectivity index (χ0v) is 15.5. The van der Waals surface area contributed by atoms with Crippen molar-refractivity contribution >= 4 is 29.1 Å². The molecule has 0 saturated carbocycles. The van der Waals surface area contributed by atoms with E-state index in [2.05, 4.69) is 29.2 Å². The number of methoxy groups -OCH3 is 1. The van der Waals surface area contributed by atoms with Crippen molar-refractivity contribution < 1.29 is 14.6 Å². The minimum Gasteiger partial charge on any atom is -0.478 e. The molecule has 0 radical (unpaired) electrons. The highest BCUT2D eigenvalue weighted by Crippen LogP contribution is 2.31. The standard InChI is InChI=1S/C19H24N2O3S/c1-13(20)17(19(22)23)12-16-8-9-18(25-16)14-4-6-15(7-5-14)21(2)10-11-24-3/h4-9,12-13H,10-11,20H2,1-3H3,(H,22,23)/b17-12+. The third-order valence-corrected chi connectivity index (χ3v) is 4.97. The van der Waals surface area contributed by atoms with Crippen molar-refractivity contribution in [3.8, 4) is 10.4 Å². The van der Waals surface area contributed by atoms with Gasteiger partial charge in [-0.05, 0) is 42.8 Å². The van der Waals surface area contributed by atoms with Crippen LogP contribution in [0.25, 0.3) is 16.5 Å². The second-order valence-corrected chi connectivity index (χ2v) is 6.97. The minimum atomic E-state index is -0.978. The average Bonchev–Trinajstić information content (AvgIpc) is 3.06. The van der Waals surface area contributed by atoms with Crippen LogP contribution in [-0.2, 0) is 9.53 Å². The number of nitrogens with zero attached hydrogens (tertiary/aromatic N) is 1. The summed E-state index contributed by atoms with van der Waals surface area (Å²) in [5.41, 5.74) is 8.17. The maximum absolute atomic E-state index is 11.2. The lowest BCUT2D eigenvalue weighted by molar-refractivity contribution is -0.132. The molecule has 25 heavy (non-hydrogen) atoms. The SMILES string of the molecule is COCCN(C)c1ccc(-c2ccc(/C=C(/C(=O)O)C(C)N)s2)cc1. The Morgan fingerprint density at radius 3 is 2.56 bits per heavy atom. The Bertz CT molecular complexity index is 735. The number of rotatable bonds is 8. The molecule has 0 fully saturated rings. The van der Waals surface area contributed by atoms with E-state index in [1.807, 2.05) is 19.2 Å². The van der Waals surface area contributed by atoms with E-state index in [4.69, 9.17) is 10.5 Å². The molecule has 2 aromatic rings. The summed E-state index contributed by atoms with van der Waals surface area (Å²) in [6.45, 7) is 3.19. The molecule has 134 valence electrons. The van der Waals surface area contributed by atoms with Crippen LogP contribution in [0.15, 0.2) is 42.0 Å². The van der Waals surface area contributed by atoms with Crippen molar-refractivity contribution in [1.29, 1.82) is 0 Å². The van der Waals surface area contributed by atoms with E-state index in [1.54, 1.807) is 31.4 Å². The van der Waals surface area contributed by atoms with Gasteiger partial charge in [0.25, 0.3) is 0 Å². The molecule has 0 saturated heterocycles. The molecule has 0 amide bonds. The second-order valence-electron chi connectivity index (χ2n) is 5.86. The summed E-state index contributed by atoms with van der Waals surface area (Å²) in [7, 11) is 3.73. The molecule has 2 rings (SSSR count). The lowest BCUT2D eigenvalue weighted by Gasteiger charge is -2.18. The molecule has 1 atom stereocenters. The molecular weight excluding hydrogens is 336 g/mol.